The van der Waals surface area contributed by atoms with Crippen molar-refractivity contribution in [3.8, 4) is 11.1 Å². The van der Waals surface area contributed by atoms with E-state index >= 15 is 0 Å². The Morgan fingerprint density at radius 1 is 1.18 bits per heavy atom. The highest BCUT2D eigenvalue weighted by Crippen LogP contribution is 2.30. The number of nitrogens with one attached hydrogen (secondary N) is 1. The molecule has 1 fully saturated rings. The maximum Gasteiger partial charge on any atom is 0.326 e. The van der Waals surface area contributed by atoms with Crippen LogP contribution in [0, 0.1) is 6.92 Å². The van der Waals surface area contributed by atoms with E-state index in [4.69, 9.17) is 9.47 Å². The van der Waals surface area contributed by atoms with Crippen molar-refractivity contribution in [1.82, 2.24) is 10.2 Å². The number of rotatable bonds is 13. The average molecular weight is 547 g/mol. The van der Waals surface area contributed by atoms with Crippen LogP contribution in [0.5, 0.6) is 0 Å². The zero-order chi connectivity index (χ0) is 27.9. The van der Waals surface area contributed by atoms with E-state index in [2.05, 4.69) is 10.2 Å². The van der Waals surface area contributed by atoms with Gasteiger partial charge in [0.05, 0.1) is 18.5 Å². The lowest BCUT2D eigenvalue weighted by atomic mass is 9.93. The summed E-state index contributed by atoms with van der Waals surface area (Å²) < 4.78 is 34.4. The zero-order valence-corrected chi connectivity index (χ0v) is 23.3. The average Bonchev–Trinajstić information content (AvgIpc) is 3.22. The number of likely N-dealkylation sites (tertiary alicyclic amines) is 1. The molecule has 2 aromatic carbocycles. The minimum absolute atomic E-state index is 0.140. The molecule has 1 heterocycles. The molecule has 208 valence electrons. The van der Waals surface area contributed by atoms with Gasteiger partial charge in [0.2, 0.25) is 0 Å². The first-order chi connectivity index (χ1) is 18.0. The predicted molar refractivity (Wildman–Crippen MR) is 146 cm³/mol. The fraction of sp³-hybridized carbons (Fsp3) is 0.500. The number of carboxylic acid groups (broad SMARTS) is 1. The highest BCUT2D eigenvalue weighted by atomic mass is 32.2. The van der Waals surface area contributed by atoms with Crippen LogP contribution in [-0.2, 0) is 30.7 Å². The van der Waals surface area contributed by atoms with Gasteiger partial charge in [0, 0.05) is 44.7 Å². The number of hydrogen-bond donors (Lipinski definition) is 2. The monoisotopic (exact) mass is 546 g/mol. The summed E-state index contributed by atoms with van der Waals surface area (Å²) in [6.07, 6.45) is 1.85. The molecular formula is C28H38N2O7S. The number of benzene rings is 2. The molecule has 10 heteroatoms. The highest BCUT2D eigenvalue weighted by Gasteiger charge is 2.32. The van der Waals surface area contributed by atoms with E-state index in [-0.39, 0.29) is 24.3 Å². The SMILES string of the molecule is CCOC1CC(COC)N(Cc2ccc(C(=O)NC(CCS(C)(=O)=O)C(=O)O)c(-c3ccccc3C)c2)C1. The molecule has 1 aliphatic rings. The molecule has 1 aliphatic heterocycles. The van der Waals surface area contributed by atoms with Gasteiger partial charge in [0.1, 0.15) is 15.9 Å². The van der Waals surface area contributed by atoms with Gasteiger partial charge in [0.15, 0.2) is 0 Å². The predicted octanol–water partition coefficient (Wildman–Crippen LogP) is 2.91. The number of methoxy groups -OCH3 is 1. The number of sulfone groups is 1. The fourth-order valence-electron chi connectivity index (χ4n) is 4.90. The van der Waals surface area contributed by atoms with Crippen molar-refractivity contribution in [2.75, 3.05) is 38.9 Å². The smallest absolute Gasteiger partial charge is 0.326 e. The van der Waals surface area contributed by atoms with Gasteiger partial charge in [-0.15, -0.1) is 0 Å². The minimum Gasteiger partial charge on any atom is -0.480 e. The van der Waals surface area contributed by atoms with Crippen molar-refractivity contribution in [2.45, 2.75) is 51.4 Å². The second kappa shape index (κ2) is 13.3. The number of nitrogens with zero attached hydrogens (tertiary/aromatic N) is 1. The van der Waals surface area contributed by atoms with Gasteiger partial charge < -0.3 is 19.9 Å². The molecule has 0 aliphatic carbocycles. The Bertz CT molecular complexity index is 1230. The first-order valence-electron chi connectivity index (χ1n) is 12.8. The summed E-state index contributed by atoms with van der Waals surface area (Å²) in [5.41, 5.74) is 3.86. The zero-order valence-electron chi connectivity index (χ0n) is 22.5. The van der Waals surface area contributed by atoms with E-state index in [0.29, 0.717) is 30.9 Å². The van der Waals surface area contributed by atoms with E-state index < -0.39 is 27.8 Å². The van der Waals surface area contributed by atoms with Crippen LogP contribution >= 0.6 is 0 Å². The maximum atomic E-state index is 13.3. The van der Waals surface area contributed by atoms with Crippen molar-refractivity contribution in [3.05, 3.63) is 59.2 Å². The van der Waals surface area contributed by atoms with Gasteiger partial charge in [-0.1, -0.05) is 30.3 Å². The van der Waals surface area contributed by atoms with E-state index in [9.17, 15) is 23.1 Å². The largest absolute Gasteiger partial charge is 0.480 e. The van der Waals surface area contributed by atoms with Gasteiger partial charge in [-0.05, 0) is 61.1 Å². The molecule has 3 atom stereocenters. The second-order valence-electron chi connectivity index (χ2n) is 9.83. The lowest BCUT2D eigenvalue weighted by Gasteiger charge is -2.24. The number of amides is 1. The highest BCUT2D eigenvalue weighted by molar-refractivity contribution is 7.90. The first-order valence-corrected chi connectivity index (χ1v) is 14.8. The van der Waals surface area contributed by atoms with Crippen LogP contribution in [0.4, 0.5) is 0 Å². The molecule has 0 spiro atoms. The minimum atomic E-state index is -3.38. The maximum absolute atomic E-state index is 13.3. The molecule has 0 saturated carbocycles. The Morgan fingerprint density at radius 3 is 2.55 bits per heavy atom. The van der Waals surface area contributed by atoms with E-state index in [0.717, 1.165) is 35.9 Å². The van der Waals surface area contributed by atoms with E-state index in [1.165, 1.54) is 0 Å². The molecular weight excluding hydrogens is 508 g/mol. The number of aliphatic carboxylic acids is 1. The lowest BCUT2D eigenvalue weighted by molar-refractivity contribution is -0.139. The van der Waals surface area contributed by atoms with Crippen molar-refractivity contribution < 1.29 is 32.6 Å². The lowest BCUT2D eigenvalue weighted by Crippen LogP contribution is -2.42. The number of carbonyl (C=O) groups excluding carboxylic acids is 1. The van der Waals surface area contributed by atoms with Crippen LogP contribution < -0.4 is 5.32 Å². The third-order valence-corrected chi connectivity index (χ3v) is 7.76. The standard InChI is InChI=1S/C28H38N2O7S/c1-5-37-22-15-21(18-36-3)30(17-22)16-20-10-11-24(25(14-20)23-9-7-6-8-19(23)2)27(31)29-26(28(32)33)12-13-38(4,34)35/h6-11,14,21-22,26H,5,12-13,15-18H2,1-4H3,(H,29,31)(H,32,33). The summed E-state index contributed by atoms with van der Waals surface area (Å²) in [6, 6.07) is 12.2. The van der Waals surface area contributed by atoms with Gasteiger partial charge in [-0.25, -0.2) is 13.2 Å². The summed E-state index contributed by atoms with van der Waals surface area (Å²) in [4.78, 5) is 27.4. The Kier molecular flexibility index (Phi) is 10.4. The van der Waals surface area contributed by atoms with Gasteiger partial charge in [-0.2, -0.15) is 0 Å². The molecule has 2 N–H and O–H groups in total. The molecule has 0 bridgehead atoms. The number of carbonyl (C=O) groups is 2. The first kappa shape index (κ1) is 29.8. The molecule has 0 radical (unpaired) electrons. The van der Waals surface area contributed by atoms with Crippen LogP contribution in [0.2, 0.25) is 0 Å². The van der Waals surface area contributed by atoms with Gasteiger partial charge >= 0.3 is 5.97 Å². The van der Waals surface area contributed by atoms with Gasteiger partial charge in [0.25, 0.3) is 5.91 Å². The Balaban J connectivity index is 1.92. The molecule has 2 aromatic rings. The van der Waals surface area contributed by atoms with Gasteiger partial charge in [-0.3, -0.25) is 9.69 Å². The summed E-state index contributed by atoms with van der Waals surface area (Å²) in [7, 11) is -1.69. The molecule has 9 nitrogen and oxygen atoms in total. The molecule has 3 unspecified atom stereocenters. The number of aryl methyl sites for hydroxylation is 1. The molecule has 0 aromatic heterocycles. The summed E-state index contributed by atoms with van der Waals surface area (Å²) in [6.45, 7) is 6.62. The van der Waals surface area contributed by atoms with E-state index in [1.54, 1.807) is 13.2 Å². The topological polar surface area (TPSA) is 122 Å². The Morgan fingerprint density at radius 2 is 1.92 bits per heavy atom. The van der Waals surface area contributed by atoms with Crippen LogP contribution in [0.15, 0.2) is 42.5 Å². The fourth-order valence-corrected chi connectivity index (χ4v) is 5.56. The Labute approximate surface area is 225 Å². The third kappa shape index (κ3) is 8.10. The van der Waals surface area contributed by atoms with E-state index in [1.807, 2.05) is 50.2 Å². The Hall–Kier alpha value is -2.79. The second-order valence-corrected chi connectivity index (χ2v) is 12.1. The normalized spacial score (nSPS) is 18.8. The summed E-state index contributed by atoms with van der Waals surface area (Å²) in [5.74, 6) is -2.18. The van der Waals surface area contributed by atoms with Crippen LogP contribution in [0.1, 0.15) is 41.3 Å². The molecule has 38 heavy (non-hydrogen) atoms. The summed E-state index contributed by atoms with van der Waals surface area (Å²) in [5, 5.41) is 12.1. The van der Waals surface area contributed by atoms with Crippen LogP contribution in [0.25, 0.3) is 11.1 Å². The third-order valence-electron chi connectivity index (χ3n) is 6.78. The van der Waals surface area contributed by atoms with Crippen molar-refractivity contribution in [3.63, 3.8) is 0 Å². The molecule has 1 saturated heterocycles. The summed E-state index contributed by atoms with van der Waals surface area (Å²) >= 11 is 0. The van der Waals surface area contributed by atoms with Crippen LogP contribution in [-0.4, -0.2) is 87.4 Å². The van der Waals surface area contributed by atoms with Crippen molar-refractivity contribution in [1.29, 1.82) is 0 Å². The number of carboxylic acids is 1. The van der Waals surface area contributed by atoms with Crippen LogP contribution in [0.3, 0.4) is 0 Å². The molecule has 1 amide bonds. The van der Waals surface area contributed by atoms with Crippen molar-refractivity contribution >= 4 is 21.7 Å². The number of ether oxygens (including phenoxy) is 2. The van der Waals surface area contributed by atoms with Crippen molar-refractivity contribution in [2.24, 2.45) is 0 Å². The number of hydrogen-bond acceptors (Lipinski definition) is 7. The molecule has 3 rings (SSSR count). The quantitative estimate of drug-likeness (QED) is 0.393.